The van der Waals surface area contributed by atoms with E-state index >= 15 is 0 Å². The summed E-state index contributed by atoms with van der Waals surface area (Å²) in [5, 5.41) is 3.81. The van der Waals surface area contributed by atoms with Crippen LogP contribution in [0.1, 0.15) is 36.2 Å². The molecule has 3 heterocycles. The molecule has 4 rings (SSSR count). The van der Waals surface area contributed by atoms with Gasteiger partial charge in [-0.3, -0.25) is 4.79 Å². The Morgan fingerprint density at radius 2 is 2.21 bits per heavy atom. The summed E-state index contributed by atoms with van der Waals surface area (Å²) in [6.45, 7) is 2.70. The van der Waals surface area contributed by atoms with Crippen LogP contribution in [0.4, 0.5) is 0 Å². The van der Waals surface area contributed by atoms with E-state index in [0.29, 0.717) is 24.0 Å². The maximum absolute atomic E-state index is 12.5. The number of likely N-dealkylation sites (tertiary alicyclic amines) is 1. The second-order valence-electron chi connectivity index (χ2n) is 5.82. The molecule has 1 aromatic carbocycles. The molecule has 1 atom stereocenters. The van der Waals surface area contributed by atoms with E-state index in [0.717, 1.165) is 24.2 Å². The molecule has 2 aliphatic heterocycles. The fraction of sp³-hybridized carbons (Fsp3) is 0.353. The first-order chi connectivity index (χ1) is 11.7. The van der Waals surface area contributed by atoms with Gasteiger partial charge in [0.1, 0.15) is 6.04 Å². The van der Waals surface area contributed by atoms with Crippen LogP contribution in [0.15, 0.2) is 28.8 Å². The molecular formula is C17H17N3O4. The van der Waals surface area contributed by atoms with Crippen molar-refractivity contribution in [3.05, 3.63) is 41.6 Å². The normalized spacial score (nSPS) is 19.4. The van der Waals surface area contributed by atoms with Crippen molar-refractivity contribution in [3.63, 3.8) is 0 Å². The van der Waals surface area contributed by atoms with Crippen LogP contribution in [0.5, 0.6) is 11.5 Å². The SMILES string of the molecule is Cc1noc([C@@H]2CCCN2C(=O)/C=C/c2ccc3c(c2)OCO3)n1. The highest BCUT2D eigenvalue weighted by Crippen LogP contribution is 2.33. The summed E-state index contributed by atoms with van der Waals surface area (Å²) in [5.74, 6) is 2.45. The van der Waals surface area contributed by atoms with Crippen LogP contribution >= 0.6 is 0 Å². The Morgan fingerprint density at radius 3 is 3.04 bits per heavy atom. The smallest absolute Gasteiger partial charge is 0.249 e. The average molecular weight is 327 g/mol. The molecule has 1 amide bonds. The van der Waals surface area contributed by atoms with Crippen molar-refractivity contribution in [2.45, 2.75) is 25.8 Å². The summed E-state index contributed by atoms with van der Waals surface area (Å²) in [6.07, 6.45) is 5.11. The molecule has 0 saturated carbocycles. The summed E-state index contributed by atoms with van der Waals surface area (Å²) >= 11 is 0. The number of hydrogen-bond donors (Lipinski definition) is 0. The Kier molecular flexibility index (Phi) is 3.68. The third-order valence-corrected chi connectivity index (χ3v) is 4.18. The summed E-state index contributed by atoms with van der Waals surface area (Å²) < 4.78 is 15.9. The molecule has 0 aliphatic carbocycles. The van der Waals surface area contributed by atoms with Crippen LogP contribution in [0.3, 0.4) is 0 Å². The number of amides is 1. The monoisotopic (exact) mass is 327 g/mol. The zero-order chi connectivity index (χ0) is 16.5. The highest BCUT2D eigenvalue weighted by molar-refractivity contribution is 5.92. The van der Waals surface area contributed by atoms with Crippen LogP contribution in [0.2, 0.25) is 0 Å². The van der Waals surface area contributed by atoms with Gasteiger partial charge in [-0.25, -0.2) is 0 Å². The predicted molar refractivity (Wildman–Crippen MR) is 84.3 cm³/mol. The fourth-order valence-electron chi connectivity index (χ4n) is 3.02. The minimum absolute atomic E-state index is 0.0639. The number of benzene rings is 1. The number of aromatic nitrogens is 2. The van der Waals surface area contributed by atoms with Gasteiger partial charge in [-0.15, -0.1) is 0 Å². The van der Waals surface area contributed by atoms with Gasteiger partial charge in [0, 0.05) is 12.6 Å². The molecule has 7 heteroatoms. The van der Waals surface area contributed by atoms with Gasteiger partial charge in [-0.05, 0) is 43.5 Å². The lowest BCUT2D eigenvalue weighted by Gasteiger charge is -2.20. The van der Waals surface area contributed by atoms with E-state index in [2.05, 4.69) is 10.1 Å². The Hall–Kier alpha value is -2.83. The minimum atomic E-state index is -0.139. The molecule has 24 heavy (non-hydrogen) atoms. The molecule has 7 nitrogen and oxygen atoms in total. The van der Waals surface area contributed by atoms with Crippen molar-refractivity contribution >= 4 is 12.0 Å². The van der Waals surface area contributed by atoms with Crippen molar-refractivity contribution in [2.75, 3.05) is 13.3 Å². The largest absolute Gasteiger partial charge is 0.454 e. The predicted octanol–water partition coefficient (Wildman–Crippen LogP) is 2.48. The number of fused-ring (bicyclic) bond motifs is 1. The lowest BCUT2D eigenvalue weighted by Crippen LogP contribution is -2.29. The molecule has 0 unspecified atom stereocenters. The Labute approximate surface area is 138 Å². The first-order valence-corrected chi connectivity index (χ1v) is 7.89. The zero-order valence-electron chi connectivity index (χ0n) is 13.3. The van der Waals surface area contributed by atoms with E-state index in [1.54, 1.807) is 24.0 Å². The standard InChI is InChI=1S/C17H17N3O4/c1-11-18-17(24-19-11)13-3-2-8-20(13)16(21)7-5-12-4-6-14-15(9-12)23-10-22-14/h4-7,9,13H,2-3,8,10H2,1H3/b7-5+/t13-/m0/s1. The molecule has 0 radical (unpaired) electrons. The first-order valence-electron chi connectivity index (χ1n) is 7.89. The van der Waals surface area contributed by atoms with Crippen molar-refractivity contribution in [3.8, 4) is 11.5 Å². The van der Waals surface area contributed by atoms with Crippen molar-refractivity contribution in [1.29, 1.82) is 0 Å². The molecular weight excluding hydrogens is 310 g/mol. The molecule has 2 aliphatic rings. The Morgan fingerprint density at radius 1 is 1.33 bits per heavy atom. The highest BCUT2D eigenvalue weighted by Gasteiger charge is 2.32. The van der Waals surface area contributed by atoms with Crippen LogP contribution < -0.4 is 9.47 Å². The number of carbonyl (C=O) groups is 1. The number of carbonyl (C=O) groups excluding carboxylic acids is 1. The van der Waals surface area contributed by atoms with Crippen molar-refractivity contribution in [1.82, 2.24) is 15.0 Å². The van der Waals surface area contributed by atoms with Crippen LogP contribution in [-0.2, 0) is 4.79 Å². The van der Waals surface area contributed by atoms with Gasteiger partial charge in [-0.1, -0.05) is 11.2 Å². The summed E-state index contributed by atoms with van der Waals surface area (Å²) in [6, 6.07) is 5.45. The summed E-state index contributed by atoms with van der Waals surface area (Å²) in [7, 11) is 0. The maximum Gasteiger partial charge on any atom is 0.249 e. The van der Waals surface area contributed by atoms with E-state index < -0.39 is 0 Å². The van der Waals surface area contributed by atoms with Gasteiger partial charge < -0.3 is 18.9 Å². The average Bonchev–Trinajstić information content (AvgIpc) is 3.31. The van der Waals surface area contributed by atoms with E-state index in [1.165, 1.54) is 0 Å². The van der Waals surface area contributed by atoms with E-state index in [9.17, 15) is 4.79 Å². The third kappa shape index (κ3) is 2.73. The van der Waals surface area contributed by atoms with E-state index in [4.69, 9.17) is 14.0 Å². The molecule has 1 aromatic heterocycles. The number of ether oxygens (including phenoxy) is 2. The maximum atomic E-state index is 12.5. The first kappa shape index (κ1) is 14.7. The van der Waals surface area contributed by atoms with Crippen LogP contribution in [0.25, 0.3) is 6.08 Å². The molecule has 1 fully saturated rings. The second kappa shape index (κ2) is 5.99. The van der Waals surface area contributed by atoms with Gasteiger partial charge >= 0.3 is 0 Å². The summed E-state index contributed by atoms with van der Waals surface area (Å²) in [4.78, 5) is 18.6. The van der Waals surface area contributed by atoms with Gasteiger partial charge in [0.05, 0.1) is 0 Å². The Bertz CT molecular complexity index is 799. The third-order valence-electron chi connectivity index (χ3n) is 4.18. The van der Waals surface area contributed by atoms with Crippen LogP contribution in [0, 0.1) is 6.92 Å². The van der Waals surface area contributed by atoms with E-state index in [1.807, 2.05) is 18.2 Å². The van der Waals surface area contributed by atoms with Gasteiger partial charge in [-0.2, -0.15) is 4.98 Å². The molecule has 0 bridgehead atoms. The lowest BCUT2D eigenvalue weighted by atomic mass is 10.2. The molecule has 0 spiro atoms. The number of aryl methyl sites for hydroxylation is 1. The lowest BCUT2D eigenvalue weighted by molar-refractivity contribution is -0.127. The number of nitrogens with zero attached hydrogens (tertiary/aromatic N) is 3. The topological polar surface area (TPSA) is 77.7 Å². The number of hydrogen-bond acceptors (Lipinski definition) is 6. The fourth-order valence-corrected chi connectivity index (χ4v) is 3.02. The summed E-state index contributed by atoms with van der Waals surface area (Å²) in [5.41, 5.74) is 0.886. The van der Waals surface area contributed by atoms with Crippen molar-refractivity contribution in [2.24, 2.45) is 0 Å². The highest BCUT2D eigenvalue weighted by atomic mass is 16.7. The molecule has 124 valence electrons. The quantitative estimate of drug-likeness (QED) is 0.806. The second-order valence-corrected chi connectivity index (χ2v) is 5.82. The molecule has 1 saturated heterocycles. The van der Waals surface area contributed by atoms with Gasteiger partial charge in [0.15, 0.2) is 17.3 Å². The zero-order valence-corrected chi connectivity index (χ0v) is 13.3. The molecule has 0 N–H and O–H groups in total. The minimum Gasteiger partial charge on any atom is -0.454 e. The van der Waals surface area contributed by atoms with E-state index in [-0.39, 0.29) is 18.7 Å². The van der Waals surface area contributed by atoms with Crippen LogP contribution in [-0.4, -0.2) is 34.3 Å². The van der Waals surface area contributed by atoms with Gasteiger partial charge in [0.25, 0.3) is 0 Å². The van der Waals surface area contributed by atoms with Gasteiger partial charge in [0.2, 0.25) is 18.6 Å². The number of rotatable bonds is 3. The Balaban J connectivity index is 1.49. The van der Waals surface area contributed by atoms with Crippen molar-refractivity contribution < 1.29 is 18.8 Å². The molecule has 2 aromatic rings.